The van der Waals surface area contributed by atoms with Gasteiger partial charge in [0.2, 0.25) is 0 Å². The quantitative estimate of drug-likeness (QED) is 0.245. The highest BCUT2D eigenvalue weighted by molar-refractivity contribution is 8.00. The third kappa shape index (κ3) is 5.67. The fourth-order valence-corrected chi connectivity index (χ4v) is 6.53. The molecule has 3 nitrogen and oxygen atoms in total. The number of benzene rings is 2. The first-order valence-electron chi connectivity index (χ1n) is 11.0. The summed E-state index contributed by atoms with van der Waals surface area (Å²) in [6.07, 6.45) is 0. The van der Waals surface area contributed by atoms with Crippen molar-refractivity contribution in [2.45, 2.75) is 36.1 Å². The van der Waals surface area contributed by atoms with Crippen LogP contribution >= 0.6 is 23.1 Å². The summed E-state index contributed by atoms with van der Waals surface area (Å²) in [6.45, 7) is 6.51. The van der Waals surface area contributed by atoms with Gasteiger partial charge in [0, 0.05) is 22.0 Å². The molecule has 0 amide bonds. The second-order valence-electron chi connectivity index (χ2n) is 8.86. The number of nitriles is 1. The number of thioether (sulfide) groups is 1. The highest BCUT2D eigenvalue weighted by Crippen LogP contribution is 2.35. The molecule has 0 aliphatic carbocycles. The first kappa shape index (κ1) is 24.4. The molecule has 0 radical (unpaired) electrons. The number of aromatic nitrogens is 1. The summed E-state index contributed by atoms with van der Waals surface area (Å²) >= 11 is 3.13. The van der Waals surface area contributed by atoms with Gasteiger partial charge in [0.05, 0.1) is 26.9 Å². The van der Waals surface area contributed by atoms with Crippen LogP contribution in [0.1, 0.15) is 31.9 Å². The van der Waals surface area contributed by atoms with Crippen LogP contribution in [0.2, 0.25) is 0 Å². The minimum absolute atomic E-state index is 0.0687. The van der Waals surface area contributed by atoms with E-state index in [0.29, 0.717) is 22.1 Å². The number of hydrogen-bond acceptors (Lipinski definition) is 5. The first-order chi connectivity index (χ1) is 16.4. The van der Waals surface area contributed by atoms with Gasteiger partial charge in [-0.2, -0.15) is 5.26 Å². The molecule has 0 N–H and O–H groups in total. The number of thiophene rings is 1. The van der Waals surface area contributed by atoms with Crippen molar-refractivity contribution in [2.75, 3.05) is 11.5 Å². The van der Waals surface area contributed by atoms with Crippen LogP contribution in [-0.4, -0.2) is 20.7 Å². The zero-order chi connectivity index (χ0) is 24.1. The maximum atomic E-state index is 12.9. The van der Waals surface area contributed by atoms with E-state index in [2.05, 4.69) is 39.0 Å². The number of hydrogen-bond donors (Lipinski definition) is 0. The van der Waals surface area contributed by atoms with Gasteiger partial charge < -0.3 is 0 Å². The SMILES string of the molecule is CC(C)(C)c1ccc(S(=O)CCSc2nc(-c3cccs3)cc(-c3ccccc3)c2C#N)cc1. The van der Waals surface area contributed by atoms with E-state index in [1.54, 1.807) is 11.3 Å². The van der Waals surface area contributed by atoms with E-state index >= 15 is 0 Å². The number of pyridine rings is 1. The molecule has 6 heteroatoms. The highest BCUT2D eigenvalue weighted by atomic mass is 32.2. The van der Waals surface area contributed by atoms with Crippen LogP contribution in [0.25, 0.3) is 21.7 Å². The molecule has 0 saturated carbocycles. The van der Waals surface area contributed by atoms with Crippen molar-refractivity contribution in [2.24, 2.45) is 0 Å². The molecule has 4 aromatic rings. The van der Waals surface area contributed by atoms with Gasteiger partial charge in [0.1, 0.15) is 11.1 Å². The Morgan fingerprint density at radius 3 is 2.38 bits per heavy atom. The summed E-state index contributed by atoms with van der Waals surface area (Å²) in [6, 6.07) is 26.4. The van der Waals surface area contributed by atoms with Crippen LogP contribution in [0.15, 0.2) is 88.1 Å². The Morgan fingerprint density at radius 2 is 1.76 bits per heavy atom. The van der Waals surface area contributed by atoms with Crippen LogP contribution in [0.4, 0.5) is 0 Å². The van der Waals surface area contributed by atoms with Crippen molar-refractivity contribution in [3.63, 3.8) is 0 Å². The maximum absolute atomic E-state index is 12.9. The molecular weight excluding hydrogens is 477 g/mol. The van der Waals surface area contributed by atoms with Crippen molar-refractivity contribution in [3.8, 4) is 27.8 Å². The summed E-state index contributed by atoms with van der Waals surface area (Å²) < 4.78 is 12.9. The topological polar surface area (TPSA) is 53.8 Å². The van der Waals surface area contributed by atoms with Gasteiger partial charge in [-0.3, -0.25) is 4.21 Å². The smallest absolute Gasteiger partial charge is 0.115 e. The molecule has 34 heavy (non-hydrogen) atoms. The zero-order valence-electron chi connectivity index (χ0n) is 19.4. The largest absolute Gasteiger partial charge is 0.254 e. The average molecular weight is 503 g/mol. The lowest BCUT2D eigenvalue weighted by Crippen LogP contribution is -2.11. The second-order valence-corrected chi connectivity index (χ2v) is 12.5. The van der Waals surface area contributed by atoms with Crippen molar-refractivity contribution < 1.29 is 4.21 Å². The van der Waals surface area contributed by atoms with Gasteiger partial charge in [-0.15, -0.1) is 23.1 Å². The molecule has 1 atom stereocenters. The van der Waals surface area contributed by atoms with Gasteiger partial charge >= 0.3 is 0 Å². The summed E-state index contributed by atoms with van der Waals surface area (Å²) in [5, 5.41) is 12.7. The lowest BCUT2D eigenvalue weighted by molar-refractivity contribution is 0.589. The Balaban J connectivity index is 1.57. The Hall–Kier alpha value is -2.72. The third-order valence-corrected chi connectivity index (χ3v) is 8.95. The predicted octanol–water partition coefficient (Wildman–Crippen LogP) is 7.55. The molecule has 2 heterocycles. The molecular formula is C28H26N2OS3. The predicted molar refractivity (Wildman–Crippen MR) is 145 cm³/mol. The van der Waals surface area contributed by atoms with Gasteiger partial charge in [-0.05, 0) is 46.2 Å². The lowest BCUT2D eigenvalue weighted by atomic mass is 9.87. The molecule has 0 aliphatic rings. The van der Waals surface area contributed by atoms with Crippen LogP contribution in [0.3, 0.4) is 0 Å². The van der Waals surface area contributed by atoms with Crippen molar-refractivity contribution in [3.05, 3.63) is 89.3 Å². The lowest BCUT2D eigenvalue weighted by Gasteiger charge is -2.19. The van der Waals surface area contributed by atoms with Crippen LogP contribution < -0.4 is 0 Å². The van der Waals surface area contributed by atoms with Gasteiger partial charge in [-0.25, -0.2) is 4.98 Å². The van der Waals surface area contributed by atoms with Crippen molar-refractivity contribution >= 4 is 33.9 Å². The molecule has 172 valence electrons. The first-order valence-corrected chi connectivity index (χ1v) is 14.2. The number of nitrogens with zero attached hydrogens (tertiary/aromatic N) is 2. The molecule has 4 rings (SSSR count). The van der Waals surface area contributed by atoms with Crippen molar-refractivity contribution in [1.82, 2.24) is 4.98 Å². The van der Waals surface area contributed by atoms with E-state index in [1.807, 2.05) is 66.0 Å². The van der Waals surface area contributed by atoms with Gasteiger partial charge in [-0.1, -0.05) is 69.3 Å². The normalized spacial score (nSPS) is 12.3. The molecule has 2 aromatic carbocycles. The molecule has 0 bridgehead atoms. The van der Waals surface area contributed by atoms with Crippen LogP contribution in [0, 0.1) is 11.3 Å². The minimum atomic E-state index is -1.11. The molecule has 1 unspecified atom stereocenters. The summed E-state index contributed by atoms with van der Waals surface area (Å²) in [5.74, 6) is 1.10. The summed E-state index contributed by atoms with van der Waals surface area (Å²) in [7, 11) is -1.11. The Labute approximate surface area is 212 Å². The van der Waals surface area contributed by atoms with Crippen LogP contribution in [-0.2, 0) is 16.2 Å². The van der Waals surface area contributed by atoms with Gasteiger partial charge in [0.15, 0.2) is 0 Å². The Morgan fingerprint density at radius 1 is 1.03 bits per heavy atom. The van der Waals surface area contributed by atoms with E-state index in [1.165, 1.54) is 17.3 Å². The van der Waals surface area contributed by atoms with Gasteiger partial charge in [0.25, 0.3) is 0 Å². The van der Waals surface area contributed by atoms with Crippen molar-refractivity contribution in [1.29, 1.82) is 5.26 Å². The van der Waals surface area contributed by atoms with E-state index < -0.39 is 10.8 Å². The monoisotopic (exact) mass is 502 g/mol. The molecule has 2 aromatic heterocycles. The number of rotatable bonds is 7. The van der Waals surface area contributed by atoms with E-state index in [4.69, 9.17) is 4.98 Å². The summed E-state index contributed by atoms with van der Waals surface area (Å²) in [4.78, 5) is 6.73. The van der Waals surface area contributed by atoms with E-state index in [0.717, 1.165) is 26.6 Å². The molecule has 0 fully saturated rings. The Bertz CT molecular complexity index is 1320. The third-order valence-electron chi connectivity index (χ3n) is 5.45. The van der Waals surface area contributed by atoms with E-state index in [9.17, 15) is 9.47 Å². The van der Waals surface area contributed by atoms with E-state index in [-0.39, 0.29) is 5.41 Å². The zero-order valence-corrected chi connectivity index (χ0v) is 21.9. The minimum Gasteiger partial charge on any atom is -0.254 e. The fourth-order valence-electron chi connectivity index (χ4n) is 3.57. The Kier molecular flexibility index (Phi) is 7.67. The maximum Gasteiger partial charge on any atom is 0.115 e. The van der Waals surface area contributed by atoms with Crippen LogP contribution in [0.5, 0.6) is 0 Å². The average Bonchev–Trinajstić information content (AvgIpc) is 3.39. The molecule has 0 saturated heterocycles. The molecule has 0 aliphatic heterocycles. The highest BCUT2D eigenvalue weighted by Gasteiger charge is 2.17. The second kappa shape index (κ2) is 10.7. The summed E-state index contributed by atoms with van der Waals surface area (Å²) in [5.41, 5.74) is 4.58. The molecule has 0 spiro atoms. The fraction of sp³-hybridized carbons (Fsp3) is 0.214. The standard InChI is InChI=1S/C28H26N2OS3/c1-28(2,3)21-11-13-22(14-12-21)34(31)17-16-33-27-24(19-29)23(20-8-5-4-6-9-20)18-25(30-27)26-10-7-15-32-26/h4-15,18H,16-17H2,1-3H3.